The van der Waals surface area contributed by atoms with Crippen molar-refractivity contribution in [2.45, 2.75) is 31.4 Å². The van der Waals surface area contributed by atoms with Crippen LogP contribution in [0, 0.1) is 5.92 Å². The molecule has 0 aliphatic carbocycles. The molecular formula is C12H22N2O3S. The summed E-state index contributed by atoms with van der Waals surface area (Å²) in [4.78, 5) is 22.0. The van der Waals surface area contributed by atoms with Gasteiger partial charge in [0.05, 0.1) is 5.75 Å². The largest absolute Gasteiger partial charge is 0.481 e. The van der Waals surface area contributed by atoms with Crippen LogP contribution in [-0.4, -0.2) is 47.6 Å². The monoisotopic (exact) mass is 274 g/mol. The van der Waals surface area contributed by atoms with Crippen molar-refractivity contribution < 1.29 is 14.7 Å². The fraction of sp³-hybridized carbons (Fsp3) is 0.833. The molecule has 18 heavy (non-hydrogen) atoms. The summed E-state index contributed by atoms with van der Waals surface area (Å²) >= 11 is 1.70. The summed E-state index contributed by atoms with van der Waals surface area (Å²) in [6, 6.07) is 0. The number of carboxylic acid groups (broad SMARTS) is 1. The second-order valence-corrected chi connectivity index (χ2v) is 6.06. The number of nitrogens with one attached hydrogen (secondary N) is 2. The molecule has 104 valence electrons. The Kier molecular flexibility index (Phi) is 7.12. The molecule has 3 N–H and O–H groups in total. The number of aliphatic carboxylic acids is 1. The Morgan fingerprint density at radius 2 is 2.11 bits per heavy atom. The maximum Gasteiger partial charge on any atom is 0.303 e. The van der Waals surface area contributed by atoms with E-state index in [-0.39, 0.29) is 18.2 Å². The fourth-order valence-electron chi connectivity index (χ4n) is 1.87. The lowest BCUT2D eigenvalue weighted by atomic mass is 10.1. The lowest BCUT2D eigenvalue weighted by molar-refractivity contribution is -0.138. The zero-order chi connectivity index (χ0) is 13.4. The Bertz CT molecular complexity index is 280. The molecule has 0 saturated carbocycles. The first kappa shape index (κ1) is 15.3. The van der Waals surface area contributed by atoms with Crippen LogP contribution in [0.2, 0.25) is 0 Å². The molecule has 0 spiro atoms. The molecule has 1 aliphatic heterocycles. The van der Waals surface area contributed by atoms with Crippen LogP contribution in [0.5, 0.6) is 0 Å². The Morgan fingerprint density at radius 3 is 2.72 bits per heavy atom. The molecule has 1 aliphatic rings. The molecular weight excluding hydrogens is 252 g/mol. The smallest absolute Gasteiger partial charge is 0.303 e. The summed E-state index contributed by atoms with van der Waals surface area (Å²) in [5, 5.41) is 15.3. The van der Waals surface area contributed by atoms with E-state index in [9.17, 15) is 9.59 Å². The third-order valence-corrected chi connectivity index (χ3v) is 4.28. The molecule has 1 saturated heterocycles. The van der Waals surface area contributed by atoms with Crippen LogP contribution in [0.4, 0.5) is 0 Å². The van der Waals surface area contributed by atoms with Crippen molar-refractivity contribution in [2.24, 2.45) is 5.92 Å². The van der Waals surface area contributed by atoms with Crippen LogP contribution in [0.25, 0.3) is 0 Å². The van der Waals surface area contributed by atoms with E-state index in [1.807, 2.05) is 6.92 Å². The van der Waals surface area contributed by atoms with Gasteiger partial charge in [-0.15, -0.1) is 11.8 Å². The molecule has 0 aromatic heterocycles. The van der Waals surface area contributed by atoms with E-state index in [0.717, 1.165) is 25.9 Å². The molecule has 0 radical (unpaired) electrons. The van der Waals surface area contributed by atoms with E-state index in [1.165, 1.54) is 0 Å². The molecule has 1 amide bonds. The summed E-state index contributed by atoms with van der Waals surface area (Å²) in [5.74, 6) is -0.350. The second kappa shape index (κ2) is 8.37. The summed E-state index contributed by atoms with van der Waals surface area (Å²) in [5.41, 5.74) is 0. The normalized spacial score (nSPS) is 18.3. The maximum atomic E-state index is 11.6. The van der Waals surface area contributed by atoms with Gasteiger partial charge in [-0.25, -0.2) is 0 Å². The van der Waals surface area contributed by atoms with Crippen LogP contribution in [0.1, 0.15) is 26.2 Å². The van der Waals surface area contributed by atoms with E-state index < -0.39 is 5.97 Å². The molecule has 1 rings (SSSR count). The minimum Gasteiger partial charge on any atom is -0.481 e. The van der Waals surface area contributed by atoms with Crippen molar-refractivity contribution >= 4 is 23.6 Å². The quantitative estimate of drug-likeness (QED) is 0.637. The third kappa shape index (κ3) is 6.86. The van der Waals surface area contributed by atoms with Crippen molar-refractivity contribution in [1.82, 2.24) is 10.6 Å². The van der Waals surface area contributed by atoms with Crippen LogP contribution in [0.15, 0.2) is 0 Å². The summed E-state index contributed by atoms with van der Waals surface area (Å²) in [6.07, 6.45) is 2.34. The number of carbonyl (C=O) groups is 2. The number of thioether (sulfide) groups is 1. The lowest BCUT2D eigenvalue weighted by Gasteiger charge is -2.21. The predicted molar refractivity (Wildman–Crippen MR) is 72.8 cm³/mol. The molecule has 1 atom stereocenters. The molecule has 1 heterocycles. The van der Waals surface area contributed by atoms with Crippen molar-refractivity contribution in [3.05, 3.63) is 0 Å². The van der Waals surface area contributed by atoms with E-state index in [1.54, 1.807) is 11.8 Å². The topological polar surface area (TPSA) is 78.4 Å². The molecule has 1 unspecified atom stereocenters. The van der Waals surface area contributed by atoms with E-state index in [2.05, 4.69) is 10.6 Å². The molecule has 5 nitrogen and oxygen atoms in total. The van der Waals surface area contributed by atoms with Gasteiger partial charge >= 0.3 is 5.97 Å². The van der Waals surface area contributed by atoms with Crippen LogP contribution >= 0.6 is 11.8 Å². The molecule has 0 aromatic carbocycles. The lowest BCUT2D eigenvalue weighted by Crippen LogP contribution is -2.33. The first-order chi connectivity index (χ1) is 8.58. The first-order valence-electron chi connectivity index (χ1n) is 6.38. The number of carbonyl (C=O) groups excluding carboxylic acids is 1. The van der Waals surface area contributed by atoms with Crippen molar-refractivity contribution in [3.8, 4) is 0 Å². The third-order valence-electron chi connectivity index (χ3n) is 2.91. The van der Waals surface area contributed by atoms with Gasteiger partial charge in [-0.3, -0.25) is 9.59 Å². The Morgan fingerprint density at radius 1 is 1.44 bits per heavy atom. The van der Waals surface area contributed by atoms with Gasteiger partial charge in [-0.1, -0.05) is 6.92 Å². The molecule has 1 fully saturated rings. The van der Waals surface area contributed by atoms with E-state index in [0.29, 0.717) is 17.5 Å². The average Bonchev–Trinajstić information content (AvgIpc) is 2.34. The highest BCUT2D eigenvalue weighted by molar-refractivity contribution is 8.00. The van der Waals surface area contributed by atoms with E-state index >= 15 is 0 Å². The zero-order valence-electron chi connectivity index (χ0n) is 10.8. The highest BCUT2D eigenvalue weighted by Gasteiger charge is 2.15. The van der Waals surface area contributed by atoms with Gasteiger partial charge in [0, 0.05) is 18.2 Å². The number of hydrogen-bond acceptors (Lipinski definition) is 4. The first-order valence-corrected chi connectivity index (χ1v) is 7.43. The van der Waals surface area contributed by atoms with Gasteiger partial charge in [-0.2, -0.15) is 0 Å². The number of hydrogen-bond donors (Lipinski definition) is 3. The SMILES string of the molecule is CC(CNC(=O)CSC1CCNCC1)CC(=O)O. The van der Waals surface area contributed by atoms with Crippen molar-refractivity contribution in [1.29, 1.82) is 0 Å². The number of amides is 1. The van der Waals surface area contributed by atoms with Gasteiger partial charge in [0.15, 0.2) is 0 Å². The minimum atomic E-state index is -0.819. The Hall–Kier alpha value is -0.750. The van der Waals surface area contributed by atoms with Crippen LogP contribution in [0.3, 0.4) is 0 Å². The van der Waals surface area contributed by atoms with Crippen molar-refractivity contribution in [3.63, 3.8) is 0 Å². The average molecular weight is 274 g/mol. The molecule has 6 heteroatoms. The fourth-order valence-corrected chi connectivity index (χ4v) is 2.92. The minimum absolute atomic E-state index is 0.00997. The number of carboxylic acids is 1. The van der Waals surface area contributed by atoms with Crippen LogP contribution in [-0.2, 0) is 9.59 Å². The number of rotatable bonds is 7. The zero-order valence-corrected chi connectivity index (χ0v) is 11.6. The predicted octanol–water partition coefficient (Wildman–Crippen LogP) is 0.699. The van der Waals surface area contributed by atoms with Gasteiger partial charge in [0.1, 0.15) is 0 Å². The summed E-state index contributed by atoms with van der Waals surface area (Å²) in [7, 11) is 0. The highest BCUT2D eigenvalue weighted by atomic mass is 32.2. The number of piperidine rings is 1. The Balaban J connectivity index is 2.07. The summed E-state index contributed by atoms with van der Waals surface area (Å²) in [6.45, 7) is 4.34. The molecule has 0 aromatic rings. The maximum absolute atomic E-state index is 11.6. The standard InChI is InChI=1S/C12H22N2O3S/c1-9(6-12(16)17)7-14-11(15)8-18-10-2-4-13-5-3-10/h9-10,13H,2-8H2,1H3,(H,14,15)(H,16,17). The van der Waals surface area contributed by atoms with E-state index in [4.69, 9.17) is 5.11 Å². The summed E-state index contributed by atoms with van der Waals surface area (Å²) < 4.78 is 0. The van der Waals surface area contributed by atoms with Crippen molar-refractivity contribution in [2.75, 3.05) is 25.4 Å². The van der Waals surface area contributed by atoms with Gasteiger partial charge < -0.3 is 15.7 Å². The molecule has 0 bridgehead atoms. The second-order valence-electron chi connectivity index (χ2n) is 4.77. The van der Waals surface area contributed by atoms with Gasteiger partial charge in [0.2, 0.25) is 5.91 Å². The Labute approximate surface area is 112 Å². The highest BCUT2D eigenvalue weighted by Crippen LogP contribution is 2.19. The van der Waals surface area contributed by atoms with Gasteiger partial charge in [-0.05, 0) is 31.8 Å². The van der Waals surface area contributed by atoms with Crippen LogP contribution < -0.4 is 10.6 Å². The van der Waals surface area contributed by atoms with Gasteiger partial charge in [0.25, 0.3) is 0 Å².